The van der Waals surface area contributed by atoms with Crippen molar-refractivity contribution in [2.24, 2.45) is 5.73 Å². The molecule has 0 saturated heterocycles. The minimum atomic E-state index is -0.556. The molecule has 204 valence electrons. The van der Waals surface area contributed by atoms with E-state index < -0.39 is 11.9 Å². The van der Waals surface area contributed by atoms with Gasteiger partial charge in [0.15, 0.2) is 0 Å². The van der Waals surface area contributed by atoms with Gasteiger partial charge in [-0.15, -0.1) is 0 Å². The summed E-state index contributed by atoms with van der Waals surface area (Å²) in [4.78, 5) is 12.5. The van der Waals surface area contributed by atoms with Crippen molar-refractivity contribution in [1.82, 2.24) is 0 Å². The van der Waals surface area contributed by atoms with Crippen molar-refractivity contribution in [2.45, 2.75) is 12.5 Å². The molecule has 41 heavy (non-hydrogen) atoms. The van der Waals surface area contributed by atoms with Gasteiger partial charge in [-0.3, -0.25) is 0 Å². The maximum absolute atomic E-state index is 12.5. The zero-order valence-electron chi connectivity index (χ0n) is 22.0. The molecule has 0 aromatic heterocycles. The van der Waals surface area contributed by atoms with Gasteiger partial charge in [0, 0.05) is 22.7 Å². The Hall–Kier alpha value is -5.19. The van der Waals surface area contributed by atoms with Crippen molar-refractivity contribution in [2.75, 3.05) is 7.11 Å². The molecule has 0 amide bonds. The van der Waals surface area contributed by atoms with Gasteiger partial charge in [-0.25, -0.2) is 4.79 Å². The molecule has 0 spiro atoms. The number of nitrogens with zero attached hydrogens (tertiary/aromatic N) is 1. The topological polar surface area (TPSA) is 104 Å². The highest BCUT2D eigenvalue weighted by molar-refractivity contribution is 6.30. The SMILES string of the molecule is COc1ccc(/C=C/C(=O)Oc2ccc3c(c2)OC(N)=C(C#N)C3c2cccc(OCc3ccc(Cl)cc3)c2)cc1. The maximum atomic E-state index is 12.5. The van der Waals surface area contributed by atoms with Gasteiger partial charge in [0.25, 0.3) is 0 Å². The number of carbonyl (C=O) groups excluding carboxylic acids is 1. The van der Waals surface area contributed by atoms with E-state index in [0.29, 0.717) is 28.7 Å². The zero-order chi connectivity index (χ0) is 28.8. The smallest absolute Gasteiger partial charge is 0.336 e. The van der Waals surface area contributed by atoms with Gasteiger partial charge in [0.1, 0.15) is 41.2 Å². The van der Waals surface area contributed by atoms with E-state index in [1.807, 2.05) is 60.7 Å². The van der Waals surface area contributed by atoms with E-state index in [2.05, 4.69) is 6.07 Å². The van der Waals surface area contributed by atoms with E-state index in [1.54, 1.807) is 43.5 Å². The summed E-state index contributed by atoms with van der Waals surface area (Å²) in [6, 6.07) is 29.4. The molecule has 1 unspecified atom stereocenters. The number of fused-ring (bicyclic) bond motifs is 1. The summed E-state index contributed by atoms with van der Waals surface area (Å²) in [6.45, 7) is 0.357. The Bertz CT molecular complexity index is 1670. The summed E-state index contributed by atoms with van der Waals surface area (Å²) >= 11 is 5.97. The van der Waals surface area contributed by atoms with E-state index in [9.17, 15) is 10.1 Å². The number of ether oxygens (including phenoxy) is 4. The van der Waals surface area contributed by atoms with Crippen LogP contribution in [0.3, 0.4) is 0 Å². The highest BCUT2D eigenvalue weighted by atomic mass is 35.5. The standard InChI is InChI=1S/C33H25ClN2O5/c1-38-25-12-7-21(8-13-25)9-16-31(37)40-27-14-15-28-30(18-27)41-33(36)29(19-35)32(28)23-3-2-4-26(17-23)39-20-22-5-10-24(34)11-6-22/h2-18,32H,20,36H2,1H3/b16-9+. The molecule has 1 heterocycles. The van der Waals surface area contributed by atoms with Crippen LogP contribution in [0.15, 0.2) is 109 Å². The lowest BCUT2D eigenvalue weighted by atomic mass is 9.83. The van der Waals surface area contributed by atoms with Crippen LogP contribution >= 0.6 is 11.6 Å². The number of hydrogen-bond donors (Lipinski definition) is 1. The third kappa shape index (κ3) is 6.52. The Morgan fingerprint density at radius 2 is 1.76 bits per heavy atom. The average Bonchev–Trinajstić information content (AvgIpc) is 2.99. The van der Waals surface area contributed by atoms with E-state index in [4.69, 9.17) is 36.3 Å². The Morgan fingerprint density at radius 3 is 2.49 bits per heavy atom. The summed E-state index contributed by atoms with van der Waals surface area (Å²) in [5, 5.41) is 10.6. The van der Waals surface area contributed by atoms with Crippen molar-refractivity contribution in [3.63, 3.8) is 0 Å². The van der Waals surface area contributed by atoms with Crippen LogP contribution in [0.5, 0.6) is 23.0 Å². The highest BCUT2D eigenvalue weighted by Crippen LogP contribution is 2.44. The van der Waals surface area contributed by atoms with Crippen molar-refractivity contribution in [3.05, 3.63) is 136 Å². The van der Waals surface area contributed by atoms with Crippen molar-refractivity contribution >= 4 is 23.6 Å². The predicted molar refractivity (Wildman–Crippen MR) is 156 cm³/mol. The van der Waals surface area contributed by atoms with Gasteiger partial charge >= 0.3 is 5.97 Å². The fourth-order valence-electron chi connectivity index (χ4n) is 4.40. The van der Waals surface area contributed by atoms with E-state index in [-0.39, 0.29) is 17.2 Å². The van der Waals surface area contributed by atoms with Gasteiger partial charge in [0.2, 0.25) is 5.88 Å². The third-order valence-corrected chi connectivity index (χ3v) is 6.70. The van der Waals surface area contributed by atoms with Crippen LogP contribution < -0.4 is 24.7 Å². The first-order valence-electron chi connectivity index (χ1n) is 12.7. The van der Waals surface area contributed by atoms with Crippen LogP contribution in [0.25, 0.3) is 6.08 Å². The van der Waals surface area contributed by atoms with Crippen LogP contribution in [0.4, 0.5) is 0 Å². The normalized spacial score (nSPS) is 14.1. The van der Waals surface area contributed by atoms with Crippen LogP contribution in [-0.4, -0.2) is 13.1 Å². The van der Waals surface area contributed by atoms with Crippen molar-refractivity contribution < 1.29 is 23.7 Å². The number of rotatable bonds is 8. The minimum Gasteiger partial charge on any atom is -0.497 e. The number of allylic oxidation sites excluding steroid dienone is 1. The summed E-state index contributed by atoms with van der Waals surface area (Å²) in [5.41, 5.74) is 9.74. The molecule has 4 aromatic rings. The Kier molecular flexibility index (Phi) is 8.23. The first-order chi connectivity index (χ1) is 19.9. The molecule has 7 nitrogen and oxygen atoms in total. The molecule has 0 aliphatic carbocycles. The molecule has 0 bridgehead atoms. The lowest BCUT2D eigenvalue weighted by Gasteiger charge is -2.27. The summed E-state index contributed by atoms with van der Waals surface area (Å²) in [5.74, 6) is 0.962. The molecule has 0 saturated carbocycles. The van der Waals surface area contributed by atoms with Gasteiger partial charge in [-0.2, -0.15) is 5.26 Å². The number of carbonyl (C=O) groups is 1. The monoisotopic (exact) mass is 564 g/mol. The minimum absolute atomic E-state index is 0.0136. The fourth-order valence-corrected chi connectivity index (χ4v) is 4.53. The van der Waals surface area contributed by atoms with Crippen LogP contribution in [0.2, 0.25) is 5.02 Å². The molecule has 0 radical (unpaired) electrons. The molecule has 1 aliphatic rings. The van der Waals surface area contributed by atoms with Gasteiger partial charge < -0.3 is 24.7 Å². The molecule has 0 fully saturated rings. The number of nitrogens with two attached hydrogens (primary N) is 1. The Labute approximate surface area is 242 Å². The third-order valence-electron chi connectivity index (χ3n) is 6.45. The maximum Gasteiger partial charge on any atom is 0.336 e. The van der Waals surface area contributed by atoms with E-state index in [0.717, 1.165) is 22.4 Å². The Balaban J connectivity index is 1.35. The molecule has 4 aromatic carbocycles. The second-order valence-electron chi connectivity index (χ2n) is 9.14. The lowest BCUT2D eigenvalue weighted by molar-refractivity contribution is -0.128. The number of benzene rings is 4. The number of halogens is 1. The van der Waals surface area contributed by atoms with Gasteiger partial charge in [-0.05, 0) is 65.2 Å². The highest BCUT2D eigenvalue weighted by Gasteiger charge is 2.31. The number of hydrogen-bond acceptors (Lipinski definition) is 7. The van der Waals surface area contributed by atoms with Crippen LogP contribution in [-0.2, 0) is 11.4 Å². The molecule has 1 aliphatic heterocycles. The second kappa shape index (κ2) is 12.3. The fraction of sp³-hybridized carbons (Fsp3) is 0.0909. The van der Waals surface area contributed by atoms with Crippen molar-refractivity contribution in [3.8, 4) is 29.1 Å². The number of nitriles is 1. The molecule has 5 rings (SSSR count). The summed E-state index contributed by atoms with van der Waals surface area (Å²) < 4.78 is 22.4. The molecular formula is C33H25ClN2O5. The van der Waals surface area contributed by atoms with Crippen LogP contribution in [0, 0.1) is 11.3 Å². The Morgan fingerprint density at radius 1 is 1.00 bits per heavy atom. The van der Waals surface area contributed by atoms with Crippen molar-refractivity contribution in [1.29, 1.82) is 5.26 Å². The zero-order valence-corrected chi connectivity index (χ0v) is 22.8. The molecule has 1 atom stereocenters. The first kappa shape index (κ1) is 27.4. The predicted octanol–water partition coefficient (Wildman–Crippen LogP) is 6.76. The summed E-state index contributed by atoms with van der Waals surface area (Å²) in [6.07, 6.45) is 2.98. The quantitative estimate of drug-likeness (QED) is 0.143. The molecular weight excluding hydrogens is 540 g/mol. The molecule has 2 N–H and O–H groups in total. The van der Waals surface area contributed by atoms with E-state index >= 15 is 0 Å². The number of methoxy groups -OCH3 is 1. The first-order valence-corrected chi connectivity index (χ1v) is 13.0. The average molecular weight is 565 g/mol. The summed E-state index contributed by atoms with van der Waals surface area (Å²) in [7, 11) is 1.59. The largest absolute Gasteiger partial charge is 0.497 e. The number of esters is 1. The van der Waals surface area contributed by atoms with E-state index in [1.165, 1.54) is 6.08 Å². The second-order valence-corrected chi connectivity index (χ2v) is 9.58. The van der Waals surface area contributed by atoms with Gasteiger partial charge in [0.05, 0.1) is 13.0 Å². The molecule has 8 heteroatoms. The van der Waals surface area contributed by atoms with Crippen LogP contribution in [0.1, 0.15) is 28.2 Å². The lowest BCUT2D eigenvalue weighted by Crippen LogP contribution is -2.21. The van der Waals surface area contributed by atoms with Gasteiger partial charge in [-0.1, -0.05) is 54.1 Å².